The fourth-order valence-corrected chi connectivity index (χ4v) is 4.11. The third-order valence-corrected chi connectivity index (χ3v) is 5.20. The van der Waals surface area contributed by atoms with Crippen molar-refractivity contribution in [2.24, 2.45) is 17.6 Å². The summed E-state index contributed by atoms with van der Waals surface area (Å²) in [6, 6.07) is 0.360. The number of hydrogen-bond donors (Lipinski definition) is 2. The van der Waals surface area contributed by atoms with Gasteiger partial charge in [-0.05, 0) is 31.1 Å². The maximum absolute atomic E-state index is 11.1. The number of likely N-dealkylation sites (tertiary alicyclic amines) is 1. The number of carbonyl (C=O) groups is 1. The molecule has 3 rings (SSSR count). The van der Waals surface area contributed by atoms with Crippen molar-refractivity contribution >= 4 is 22.4 Å². The van der Waals surface area contributed by atoms with Crippen molar-refractivity contribution in [2.45, 2.75) is 38.6 Å². The van der Waals surface area contributed by atoms with Crippen molar-refractivity contribution in [3.05, 3.63) is 5.01 Å². The Morgan fingerprint density at radius 3 is 2.90 bits per heavy atom. The van der Waals surface area contributed by atoms with Gasteiger partial charge >= 0.3 is 0 Å². The number of nitrogens with one attached hydrogen (secondary N) is 1. The van der Waals surface area contributed by atoms with E-state index >= 15 is 0 Å². The van der Waals surface area contributed by atoms with E-state index in [9.17, 15) is 4.79 Å². The lowest BCUT2D eigenvalue weighted by molar-refractivity contribution is -0.118. The summed E-state index contributed by atoms with van der Waals surface area (Å²) < 4.78 is 0. The van der Waals surface area contributed by atoms with Crippen LogP contribution in [0.1, 0.15) is 31.2 Å². The molecule has 3 N–H and O–H groups in total. The molecular formula is C14H23N5OS. The number of nitrogens with zero attached hydrogens (tertiary/aromatic N) is 3. The zero-order chi connectivity index (χ0) is 14.8. The van der Waals surface area contributed by atoms with Crippen molar-refractivity contribution in [1.82, 2.24) is 15.1 Å². The second-order valence-electron chi connectivity index (χ2n) is 6.16. The summed E-state index contributed by atoms with van der Waals surface area (Å²) in [4.78, 5) is 13.3. The zero-order valence-corrected chi connectivity index (χ0v) is 13.2. The number of aryl methyl sites for hydroxylation is 1. The largest absolute Gasteiger partial charge is 0.369 e. The van der Waals surface area contributed by atoms with Crippen LogP contribution in [0.15, 0.2) is 0 Å². The number of primary amides is 1. The first kappa shape index (κ1) is 14.7. The molecule has 2 aliphatic rings. The molecule has 0 aromatic carbocycles. The van der Waals surface area contributed by atoms with Crippen LogP contribution in [-0.4, -0.2) is 46.7 Å². The fourth-order valence-electron chi connectivity index (χ4n) is 3.20. The normalized spacial score (nSPS) is 26.1. The molecule has 0 unspecified atom stereocenters. The Kier molecular flexibility index (Phi) is 4.40. The van der Waals surface area contributed by atoms with Crippen LogP contribution in [0.2, 0.25) is 0 Å². The molecule has 21 heavy (non-hydrogen) atoms. The molecule has 1 amide bonds. The number of anilines is 1. The first-order valence-corrected chi connectivity index (χ1v) is 8.57. The topological polar surface area (TPSA) is 84.1 Å². The highest BCUT2D eigenvalue weighted by molar-refractivity contribution is 7.15. The highest BCUT2D eigenvalue weighted by Crippen LogP contribution is 2.42. The molecule has 1 saturated heterocycles. The Morgan fingerprint density at radius 2 is 2.24 bits per heavy atom. The fraction of sp³-hybridized carbons (Fsp3) is 0.786. The van der Waals surface area contributed by atoms with Gasteiger partial charge in [-0.15, -0.1) is 10.2 Å². The molecule has 1 aromatic rings. The van der Waals surface area contributed by atoms with Crippen molar-refractivity contribution in [3.63, 3.8) is 0 Å². The molecule has 0 spiro atoms. The molecule has 1 aliphatic carbocycles. The summed E-state index contributed by atoms with van der Waals surface area (Å²) >= 11 is 1.65. The van der Waals surface area contributed by atoms with E-state index in [0.29, 0.717) is 18.5 Å². The number of amides is 1. The third kappa shape index (κ3) is 3.71. The molecule has 2 atom stereocenters. The van der Waals surface area contributed by atoms with Crippen LogP contribution in [-0.2, 0) is 11.2 Å². The standard InChI is InChI=1S/C14H23N5OS/c1-2-3-13-17-18-14(21-13)16-11-7-19(8-12(15)20)6-10(11)9-4-5-9/h9-11H,2-8H2,1H3,(H2,15,20)(H,16,18)/t10-,11+/m1/s1. The Morgan fingerprint density at radius 1 is 1.43 bits per heavy atom. The van der Waals surface area contributed by atoms with Gasteiger partial charge in [0, 0.05) is 25.6 Å². The van der Waals surface area contributed by atoms with Gasteiger partial charge in [0.2, 0.25) is 11.0 Å². The van der Waals surface area contributed by atoms with Crippen LogP contribution in [0.25, 0.3) is 0 Å². The predicted molar refractivity (Wildman–Crippen MR) is 83.2 cm³/mol. The van der Waals surface area contributed by atoms with E-state index < -0.39 is 0 Å². The van der Waals surface area contributed by atoms with Crippen LogP contribution in [0, 0.1) is 11.8 Å². The van der Waals surface area contributed by atoms with Gasteiger partial charge in [-0.1, -0.05) is 18.3 Å². The van der Waals surface area contributed by atoms with Crippen molar-refractivity contribution in [2.75, 3.05) is 25.0 Å². The van der Waals surface area contributed by atoms with Gasteiger partial charge in [-0.2, -0.15) is 0 Å². The quantitative estimate of drug-likeness (QED) is 0.788. The lowest BCUT2D eigenvalue weighted by Crippen LogP contribution is -2.33. The molecule has 6 nitrogen and oxygen atoms in total. The summed E-state index contributed by atoms with van der Waals surface area (Å²) in [7, 11) is 0. The van der Waals surface area contributed by atoms with Crippen LogP contribution >= 0.6 is 11.3 Å². The van der Waals surface area contributed by atoms with Gasteiger partial charge in [0.1, 0.15) is 5.01 Å². The molecule has 1 saturated carbocycles. The van der Waals surface area contributed by atoms with Crippen LogP contribution < -0.4 is 11.1 Å². The molecule has 2 fully saturated rings. The number of aromatic nitrogens is 2. The number of hydrogen-bond acceptors (Lipinski definition) is 6. The Hall–Kier alpha value is -1.21. The SMILES string of the molecule is CCCc1nnc(N[C@H]2CN(CC(N)=O)C[C@@H]2C2CC2)s1. The number of rotatable bonds is 7. The highest BCUT2D eigenvalue weighted by Gasteiger charge is 2.42. The van der Waals surface area contributed by atoms with Crippen LogP contribution in [0.3, 0.4) is 0 Å². The summed E-state index contributed by atoms with van der Waals surface area (Å²) in [5.74, 6) is 1.15. The molecule has 2 heterocycles. The summed E-state index contributed by atoms with van der Waals surface area (Å²) in [5.41, 5.74) is 5.32. The molecule has 1 aliphatic heterocycles. The first-order valence-electron chi connectivity index (χ1n) is 7.75. The maximum Gasteiger partial charge on any atom is 0.231 e. The van der Waals surface area contributed by atoms with E-state index in [-0.39, 0.29) is 5.91 Å². The lowest BCUT2D eigenvalue weighted by Gasteiger charge is -2.18. The Labute approximate surface area is 129 Å². The van der Waals surface area contributed by atoms with Crippen LogP contribution in [0.5, 0.6) is 0 Å². The van der Waals surface area contributed by atoms with E-state index in [0.717, 1.165) is 42.0 Å². The van der Waals surface area contributed by atoms with Gasteiger partial charge in [0.15, 0.2) is 0 Å². The zero-order valence-electron chi connectivity index (χ0n) is 12.4. The second kappa shape index (κ2) is 6.27. The second-order valence-corrected chi connectivity index (χ2v) is 7.23. The minimum absolute atomic E-state index is 0.244. The van der Waals surface area contributed by atoms with Gasteiger partial charge in [0.05, 0.1) is 6.54 Å². The summed E-state index contributed by atoms with van der Waals surface area (Å²) in [5, 5.41) is 14.0. The number of carbonyl (C=O) groups excluding carboxylic acids is 1. The van der Waals surface area contributed by atoms with E-state index in [4.69, 9.17) is 5.73 Å². The third-order valence-electron chi connectivity index (χ3n) is 4.29. The minimum atomic E-state index is -0.244. The van der Waals surface area contributed by atoms with Gasteiger partial charge in [0.25, 0.3) is 0 Å². The van der Waals surface area contributed by atoms with Gasteiger partial charge in [-0.25, -0.2) is 0 Å². The van der Waals surface area contributed by atoms with E-state index in [1.165, 1.54) is 12.8 Å². The monoisotopic (exact) mass is 309 g/mol. The van der Waals surface area contributed by atoms with Crippen LogP contribution in [0.4, 0.5) is 5.13 Å². The minimum Gasteiger partial charge on any atom is -0.369 e. The molecule has 116 valence electrons. The summed E-state index contributed by atoms with van der Waals surface area (Å²) in [6.45, 7) is 4.34. The van der Waals surface area contributed by atoms with Crippen molar-refractivity contribution < 1.29 is 4.79 Å². The molecule has 0 radical (unpaired) electrons. The van der Waals surface area contributed by atoms with E-state index in [2.05, 4.69) is 27.3 Å². The van der Waals surface area contributed by atoms with E-state index in [1.54, 1.807) is 11.3 Å². The van der Waals surface area contributed by atoms with E-state index in [1.807, 2.05) is 0 Å². The predicted octanol–water partition coefficient (Wildman–Crippen LogP) is 1.10. The van der Waals surface area contributed by atoms with Crippen molar-refractivity contribution in [3.8, 4) is 0 Å². The van der Waals surface area contributed by atoms with Gasteiger partial charge in [-0.3, -0.25) is 9.69 Å². The molecule has 0 bridgehead atoms. The summed E-state index contributed by atoms with van der Waals surface area (Å²) in [6.07, 6.45) is 4.70. The average Bonchev–Trinajstić information content (AvgIpc) is 3.06. The molecule has 1 aromatic heterocycles. The maximum atomic E-state index is 11.1. The average molecular weight is 309 g/mol. The number of nitrogens with two attached hydrogens (primary N) is 1. The first-order chi connectivity index (χ1) is 10.2. The van der Waals surface area contributed by atoms with Crippen molar-refractivity contribution in [1.29, 1.82) is 0 Å². The molecule has 7 heteroatoms. The smallest absolute Gasteiger partial charge is 0.231 e. The Balaban J connectivity index is 1.62. The molecular weight excluding hydrogens is 286 g/mol. The lowest BCUT2D eigenvalue weighted by atomic mass is 9.98. The van der Waals surface area contributed by atoms with Gasteiger partial charge < -0.3 is 11.1 Å². The Bertz CT molecular complexity index is 501. The highest BCUT2D eigenvalue weighted by atomic mass is 32.1.